The fraction of sp³-hybridized carbons (Fsp3) is 1.00. The molecule has 0 spiro atoms. The highest BCUT2D eigenvalue weighted by Gasteiger charge is 2.26. The SMILES string of the molecule is CC1CN(CCN(C)C)S(=O)(=O)CCN1. The van der Waals surface area contributed by atoms with Crippen LogP contribution in [0.5, 0.6) is 0 Å². The first-order valence-electron chi connectivity index (χ1n) is 5.28. The van der Waals surface area contributed by atoms with Crippen molar-refractivity contribution in [2.45, 2.75) is 13.0 Å². The van der Waals surface area contributed by atoms with Crippen molar-refractivity contribution < 1.29 is 8.42 Å². The van der Waals surface area contributed by atoms with Crippen molar-refractivity contribution in [1.29, 1.82) is 0 Å². The molecule has 0 saturated carbocycles. The van der Waals surface area contributed by atoms with Crippen LogP contribution >= 0.6 is 0 Å². The van der Waals surface area contributed by atoms with Gasteiger partial charge in [-0.3, -0.25) is 0 Å². The van der Waals surface area contributed by atoms with Gasteiger partial charge in [-0.05, 0) is 21.0 Å². The lowest BCUT2D eigenvalue weighted by Crippen LogP contribution is -2.41. The lowest BCUT2D eigenvalue weighted by molar-refractivity contribution is 0.321. The van der Waals surface area contributed by atoms with Gasteiger partial charge in [0.05, 0.1) is 5.75 Å². The van der Waals surface area contributed by atoms with Crippen LogP contribution in [0.15, 0.2) is 0 Å². The Morgan fingerprint density at radius 2 is 2.13 bits per heavy atom. The van der Waals surface area contributed by atoms with Crippen LogP contribution in [-0.2, 0) is 10.0 Å². The van der Waals surface area contributed by atoms with E-state index >= 15 is 0 Å². The molecule has 1 aliphatic rings. The van der Waals surface area contributed by atoms with Crippen molar-refractivity contribution in [1.82, 2.24) is 14.5 Å². The van der Waals surface area contributed by atoms with Gasteiger partial charge in [0, 0.05) is 32.2 Å². The molecule has 5 nitrogen and oxygen atoms in total. The molecular weight excluding hydrogens is 214 g/mol. The quantitative estimate of drug-likeness (QED) is 0.694. The Labute approximate surface area is 92.5 Å². The molecule has 1 heterocycles. The number of nitrogens with zero attached hydrogens (tertiary/aromatic N) is 2. The molecule has 1 saturated heterocycles. The van der Waals surface area contributed by atoms with Gasteiger partial charge in [0.25, 0.3) is 0 Å². The van der Waals surface area contributed by atoms with Crippen LogP contribution in [0.3, 0.4) is 0 Å². The van der Waals surface area contributed by atoms with Crippen LogP contribution in [0.25, 0.3) is 0 Å². The van der Waals surface area contributed by atoms with E-state index in [1.807, 2.05) is 25.9 Å². The maximum atomic E-state index is 11.8. The van der Waals surface area contributed by atoms with Gasteiger partial charge in [0.2, 0.25) is 10.0 Å². The van der Waals surface area contributed by atoms with E-state index in [0.717, 1.165) is 6.54 Å². The molecule has 0 bridgehead atoms. The third-order valence-electron chi connectivity index (χ3n) is 2.52. The summed E-state index contributed by atoms with van der Waals surface area (Å²) < 4.78 is 25.2. The first kappa shape index (κ1) is 12.9. The summed E-state index contributed by atoms with van der Waals surface area (Å²) in [5.74, 6) is 0.213. The Morgan fingerprint density at radius 1 is 1.47 bits per heavy atom. The Kier molecular flexibility index (Phi) is 4.51. The van der Waals surface area contributed by atoms with Crippen LogP contribution in [0.4, 0.5) is 0 Å². The van der Waals surface area contributed by atoms with Gasteiger partial charge in [-0.25, -0.2) is 8.42 Å². The summed E-state index contributed by atoms with van der Waals surface area (Å²) in [7, 11) is 0.857. The summed E-state index contributed by atoms with van der Waals surface area (Å²) in [4.78, 5) is 2.00. The smallest absolute Gasteiger partial charge is 0.215 e. The third kappa shape index (κ3) is 4.06. The summed E-state index contributed by atoms with van der Waals surface area (Å²) in [6.45, 7) is 4.51. The van der Waals surface area contributed by atoms with E-state index in [-0.39, 0.29) is 11.8 Å². The second-order valence-electron chi connectivity index (χ2n) is 4.33. The lowest BCUT2D eigenvalue weighted by Gasteiger charge is -2.23. The molecule has 0 aliphatic carbocycles. The van der Waals surface area contributed by atoms with E-state index in [1.54, 1.807) is 4.31 Å². The largest absolute Gasteiger partial charge is 0.312 e. The Balaban J connectivity index is 2.63. The van der Waals surface area contributed by atoms with Crippen molar-refractivity contribution in [3.63, 3.8) is 0 Å². The first-order chi connectivity index (χ1) is 6.92. The first-order valence-corrected chi connectivity index (χ1v) is 6.88. The maximum Gasteiger partial charge on any atom is 0.215 e. The molecule has 0 amide bonds. The van der Waals surface area contributed by atoms with Gasteiger partial charge in [-0.15, -0.1) is 0 Å². The fourth-order valence-corrected chi connectivity index (χ4v) is 3.03. The Hall–Kier alpha value is -0.170. The zero-order chi connectivity index (χ0) is 11.5. The van der Waals surface area contributed by atoms with E-state index in [0.29, 0.717) is 19.6 Å². The van der Waals surface area contributed by atoms with Crippen LogP contribution in [0.1, 0.15) is 6.92 Å². The average molecular weight is 235 g/mol. The van der Waals surface area contributed by atoms with Crippen molar-refractivity contribution in [2.24, 2.45) is 0 Å². The highest BCUT2D eigenvalue weighted by atomic mass is 32.2. The van der Waals surface area contributed by atoms with Crippen molar-refractivity contribution in [3.05, 3.63) is 0 Å². The molecule has 0 aromatic heterocycles. The highest BCUT2D eigenvalue weighted by molar-refractivity contribution is 7.89. The number of hydrogen-bond acceptors (Lipinski definition) is 4. The van der Waals surface area contributed by atoms with Crippen molar-refractivity contribution >= 4 is 10.0 Å². The zero-order valence-corrected chi connectivity index (χ0v) is 10.5. The minimum Gasteiger partial charge on any atom is -0.312 e. The minimum atomic E-state index is -3.04. The topological polar surface area (TPSA) is 52.7 Å². The van der Waals surface area contributed by atoms with Gasteiger partial charge >= 0.3 is 0 Å². The molecule has 1 atom stereocenters. The normalized spacial score (nSPS) is 27.9. The predicted octanol–water partition coefficient (Wildman–Crippen LogP) is -0.828. The molecule has 90 valence electrons. The van der Waals surface area contributed by atoms with Crippen LogP contribution < -0.4 is 5.32 Å². The standard InChI is InChI=1S/C9H21N3O2S/c1-9-8-12(6-5-11(2)3)15(13,14)7-4-10-9/h9-10H,4-8H2,1-3H3. The van der Waals surface area contributed by atoms with Gasteiger partial charge in [0.15, 0.2) is 0 Å². The molecule has 1 rings (SSSR count). The number of hydrogen-bond donors (Lipinski definition) is 1. The number of nitrogens with one attached hydrogen (secondary N) is 1. The fourth-order valence-electron chi connectivity index (χ4n) is 1.59. The second kappa shape index (κ2) is 5.25. The molecule has 1 aliphatic heterocycles. The molecule has 1 fully saturated rings. The molecule has 0 aromatic rings. The van der Waals surface area contributed by atoms with Crippen LogP contribution in [-0.4, -0.2) is 69.7 Å². The number of likely N-dealkylation sites (N-methyl/N-ethyl adjacent to an activating group) is 1. The molecule has 0 radical (unpaired) electrons. The molecule has 15 heavy (non-hydrogen) atoms. The van der Waals surface area contributed by atoms with Gasteiger partial charge < -0.3 is 10.2 Å². The summed E-state index contributed by atoms with van der Waals surface area (Å²) in [6.07, 6.45) is 0. The zero-order valence-electron chi connectivity index (χ0n) is 9.73. The van der Waals surface area contributed by atoms with E-state index < -0.39 is 10.0 Å². The van der Waals surface area contributed by atoms with E-state index in [1.165, 1.54) is 0 Å². The van der Waals surface area contributed by atoms with E-state index in [2.05, 4.69) is 5.32 Å². The summed E-state index contributed by atoms with van der Waals surface area (Å²) in [5.41, 5.74) is 0. The van der Waals surface area contributed by atoms with E-state index in [4.69, 9.17) is 0 Å². The van der Waals surface area contributed by atoms with Crippen LogP contribution in [0, 0.1) is 0 Å². The second-order valence-corrected chi connectivity index (χ2v) is 6.42. The monoisotopic (exact) mass is 235 g/mol. The third-order valence-corrected chi connectivity index (χ3v) is 4.36. The maximum absolute atomic E-state index is 11.8. The highest BCUT2D eigenvalue weighted by Crippen LogP contribution is 2.06. The number of rotatable bonds is 3. The summed E-state index contributed by atoms with van der Waals surface area (Å²) >= 11 is 0. The molecule has 6 heteroatoms. The molecule has 1 unspecified atom stereocenters. The Morgan fingerprint density at radius 3 is 2.73 bits per heavy atom. The predicted molar refractivity (Wildman–Crippen MR) is 61.4 cm³/mol. The van der Waals surface area contributed by atoms with Crippen LogP contribution in [0.2, 0.25) is 0 Å². The summed E-state index contributed by atoms with van der Waals surface area (Å²) in [5, 5.41) is 3.18. The molecular formula is C9H21N3O2S. The summed E-state index contributed by atoms with van der Waals surface area (Å²) in [6, 6.07) is 0.240. The number of sulfonamides is 1. The van der Waals surface area contributed by atoms with Gasteiger partial charge in [-0.2, -0.15) is 4.31 Å². The van der Waals surface area contributed by atoms with Gasteiger partial charge in [-0.1, -0.05) is 0 Å². The molecule has 1 N–H and O–H groups in total. The minimum absolute atomic E-state index is 0.213. The molecule has 0 aromatic carbocycles. The van der Waals surface area contributed by atoms with Crippen molar-refractivity contribution in [2.75, 3.05) is 46.0 Å². The van der Waals surface area contributed by atoms with E-state index in [9.17, 15) is 8.42 Å². The average Bonchev–Trinajstić information content (AvgIpc) is 2.22. The Bertz CT molecular complexity index is 290. The van der Waals surface area contributed by atoms with Crippen molar-refractivity contribution in [3.8, 4) is 0 Å². The van der Waals surface area contributed by atoms with Gasteiger partial charge in [0.1, 0.15) is 0 Å². The lowest BCUT2D eigenvalue weighted by atomic mass is 10.3.